The Bertz CT molecular complexity index is 664. The van der Waals surface area contributed by atoms with Crippen molar-refractivity contribution in [2.24, 2.45) is 7.05 Å². The van der Waals surface area contributed by atoms with Gasteiger partial charge in [-0.15, -0.1) is 11.3 Å². The molecule has 5 heteroatoms. The van der Waals surface area contributed by atoms with E-state index in [0.717, 1.165) is 23.1 Å². The van der Waals surface area contributed by atoms with Crippen LogP contribution in [0.5, 0.6) is 0 Å². The standard InChI is InChI=1S/C16H22N4S/c1-20-16(18-15(19-20)10-6-2-3-7-10)13-11-8-4-5-9-12(11)21-14(13)17/h10H,2-9,17H2,1H3. The Labute approximate surface area is 129 Å². The van der Waals surface area contributed by atoms with E-state index in [0.29, 0.717) is 5.92 Å². The predicted octanol–water partition coefficient (Wildman–Crippen LogP) is 3.66. The minimum Gasteiger partial charge on any atom is -0.390 e. The highest BCUT2D eigenvalue weighted by Gasteiger charge is 2.27. The van der Waals surface area contributed by atoms with Crippen molar-refractivity contribution in [3.05, 3.63) is 16.3 Å². The molecule has 0 atom stereocenters. The monoisotopic (exact) mass is 302 g/mol. The molecule has 21 heavy (non-hydrogen) atoms. The Morgan fingerprint density at radius 3 is 2.71 bits per heavy atom. The number of thiophene rings is 1. The maximum absolute atomic E-state index is 6.32. The normalized spacial score (nSPS) is 19.1. The van der Waals surface area contributed by atoms with Crippen LogP contribution >= 0.6 is 11.3 Å². The smallest absolute Gasteiger partial charge is 0.161 e. The number of rotatable bonds is 2. The molecular formula is C16H22N4S. The first kappa shape index (κ1) is 13.3. The first-order valence-corrected chi connectivity index (χ1v) is 8.87. The molecular weight excluding hydrogens is 280 g/mol. The summed E-state index contributed by atoms with van der Waals surface area (Å²) < 4.78 is 1.95. The van der Waals surface area contributed by atoms with Crippen molar-refractivity contribution < 1.29 is 0 Å². The average Bonchev–Trinajstić information content (AvgIpc) is 3.16. The summed E-state index contributed by atoms with van der Waals surface area (Å²) in [5.41, 5.74) is 8.94. The summed E-state index contributed by atoms with van der Waals surface area (Å²) in [5, 5.41) is 5.62. The number of fused-ring (bicyclic) bond motifs is 1. The van der Waals surface area contributed by atoms with E-state index >= 15 is 0 Å². The van der Waals surface area contributed by atoms with Crippen LogP contribution in [-0.2, 0) is 19.9 Å². The first-order chi connectivity index (χ1) is 10.2. The molecule has 0 bridgehead atoms. The van der Waals surface area contributed by atoms with Crippen LogP contribution in [0, 0.1) is 0 Å². The molecule has 1 fully saturated rings. The highest BCUT2D eigenvalue weighted by Crippen LogP contribution is 2.42. The van der Waals surface area contributed by atoms with Crippen LogP contribution in [-0.4, -0.2) is 14.8 Å². The van der Waals surface area contributed by atoms with E-state index in [4.69, 9.17) is 15.8 Å². The number of nitrogens with zero attached hydrogens (tertiary/aromatic N) is 3. The summed E-state index contributed by atoms with van der Waals surface area (Å²) in [4.78, 5) is 6.35. The van der Waals surface area contributed by atoms with Crippen LogP contribution in [0.25, 0.3) is 11.4 Å². The van der Waals surface area contributed by atoms with Gasteiger partial charge in [0.15, 0.2) is 11.6 Å². The summed E-state index contributed by atoms with van der Waals surface area (Å²) in [6.45, 7) is 0. The third kappa shape index (κ3) is 2.18. The van der Waals surface area contributed by atoms with Crippen molar-refractivity contribution in [1.82, 2.24) is 14.8 Å². The molecule has 0 aliphatic heterocycles. The van der Waals surface area contributed by atoms with Gasteiger partial charge >= 0.3 is 0 Å². The van der Waals surface area contributed by atoms with Crippen LogP contribution in [0.1, 0.15) is 60.7 Å². The Kier molecular flexibility index (Phi) is 3.25. The van der Waals surface area contributed by atoms with E-state index in [9.17, 15) is 0 Å². The fourth-order valence-corrected chi connectivity index (χ4v) is 4.97. The van der Waals surface area contributed by atoms with Crippen LogP contribution in [0.3, 0.4) is 0 Å². The number of aryl methyl sites for hydroxylation is 2. The number of hydrogen-bond donors (Lipinski definition) is 1. The topological polar surface area (TPSA) is 56.7 Å². The molecule has 4 nitrogen and oxygen atoms in total. The molecule has 2 heterocycles. The number of nitrogens with two attached hydrogens (primary N) is 1. The number of aromatic nitrogens is 3. The highest BCUT2D eigenvalue weighted by molar-refractivity contribution is 7.16. The minimum atomic E-state index is 0.556. The lowest BCUT2D eigenvalue weighted by atomic mass is 9.95. The molecule has 2 aliphatic carbocycles. The molecule has 2 aromatic rings. The van der Waals surface area contributed by atoms with Gasteiger partial charge in [0.25, 0.3) is 0 Å². The van der Waals surface area contributed by atoms with Crippen molar-refractivity contribution in [1.29, 1.82) is 0 Å². The largest absolute Gasteiger partial charge is 0.390 e. The zero-order valence-corrected chi connectivity index (χ0v) is 13.4. The Hall–Kier alpha value is -1.36. The Balaban J connectivity index is 1.78. The lowest BCUT2D eigenvalue weighted by Gasteiger charge is -2.12. The van der Waals surface area contributed by atoms with Gasteiger partial charge < -0.3 is 5.73 Å². The van der Waals surface area contributed by atoms with Crippen molar-refractivity contribution in [2.75, 3.05) is 5.73 Å². The van der Waals surface area contributed by atoms with Crippen molar-refractivity contribution >= 4 is 16.3 Å². The van der Waals surface area contributed by atoms with Crippen molar-refractivity contribution in [3.63, 3.8) is 0 Å². The second-order valence-electron chi connectivity index (χ2n) is 6.35. The summed E-state index contributed by atoms with van der Waals surface area (Å²) in [5.74, 6) is 2.56. The fraction of sp³-hybridized carbons (Fsp3) is 0.625. The van der Waals surface area contributed by atoms with Gasteiger partial charge in [-0.2, -0.15) is 5.10 Å². The second kappa shape index (κ2) is 5.13. The van der Waals surface area contributed by atoms with E-state index in [2.05, 4.69) is 0 Å². The maximum atomic E-state index is 6.32. The SMILES string of the molecule is Cn1nc(C2CCCC2)nc1-c1c(N)sc2c1CCCC2. The third-order valence-corrected chi connectivity index (χ3v) is 6.04. The van der Waals surface area contributed by atoms with Gasteiger partial charge in [-0.25, -0.2) is 9.67 Å². The van der Waals surface area contributed by atoms with Crippen LogP contribution < -0.4 is 5.73 Å². The summed E-state index contributed by atoms with van der Waals surface area (Å²) >= 11 is 1.76. The van der Waals surface area contributed by atoms with Crippen molar-refractivity contribution in [2.45, 2.75) is 57.3 Å². The molecule has 0 radical (unpaired) electrons. The van der Waals surface area contributed by atoms with Crippen LogP contribution in [0.2, 0.25) is 0 Å². The second-order valence-corrected chi connectivity index (χ2v) is 7.49. The van der Waals surface area contributed by atoms with Gasteiger partial charge in [-0.3, -0.25) is 0 Å². The lowest BCUT2D eigenvalue weighted by Crippen LogP contribution is -2.02. The van der Waals surface area contributed by atoms with Gasteiger partial charge in [0, 0.05) is 17.8 Å². The van der Waals surface area contributed by atoms with E-state index in [-0.39, 0.29) is 0 Å². The van der Waals surface area contributed by atoms with Gasteiger partial charge in [0.1, 0.15) is 0 Å². The third-order valence-electron chi connectivity index (χ3n) is 4.92. The molecule has 112 valence electrons. The van der Waals surface area contributed by atoms with Crippen molar-refractivity contribution in [3.8, 4) is 11.4 Å². The molecule has 1 saturated carbocycles. The molecule has 0 unspecified atom stereocenters. The van der Waals surface area contributed by atoms with Crippen LogP contribution in [0.15, 0.2) is 0 Å². The van der Waals surface area contributed by atoms with Gasteiger partial charge in [-0.05, 0) is 44.1 Å². The van der Waals surface area contributed by atoms with Gasteiger partial charge in [0.05, 0.1) is 10.6 Å². The average molecular weight is 302 g/mol. The molecule has 2 aromatic heterocycles. The van der Waals surface area contributed by atoms with E-state index in [1.165, 1.54) is 60.9 Å². The van der Waals surface area contributed by atoms with Gasteiger partial charge in [-0.1, -0.05) is 12.8 Å². The molecule has 0 amide bonds. The number of hydrogen-bond acceptors (Lipinski definition) is 4. The van der Waals surface area contributed by atoms with E-state index in [1.54, 1.807) is 11.3 Å². The summed E-state index contributed by atoms with van der Waals surface area (Å²) in [7, 11) is 2.01. The number of nitrogen functional groups attached to an aromatic ring is 1. The van der Waals surface area contributed by atoms with E-state index < -0.39 is 0 Å². The fourth-order valence-electron chi connectivity index (χ4n) is 3.81. The zero-order valence-electron chi connectivity index (χ0n) is 12.6. The molecule has 0 aromatic carbocycles. The predicted molar refractivity (Wildman–Crippen MR) is 86.6 cm³/mol. The molecule has 4 rings (SSSR count). The summed E-state index contributed by atoms with van der Waals surface area (Å²) in [6, 6.07) is 0. The Morgan fingerprint density at radius 2 is 1.90 bits per heavy atom. The first-order valence-electron chi connectivity index (χ1n) is 8.05. The quantitative estimate of drug-likeness (QED) is 0.921. The molecule has 2 aliphatic rings. The van der Waals surface area contributed by atoms with Gasteiger partial charge in [0.2, 0.25) is 0 Å². The minimum absolute atomic E-state index is 0.556. The highest BCUT2D eigenvalue weighted by atomic mass is 32.1. The molecule has 2 N–H and O–H groups in total. The summed E-state index contributed by atoms with van der Waals surface area (Å²) in [6.07, 6.45) is 9.98. The molecule has 0 spiro atoms. The van der Waals surface area contributed by atoms with E-state index in [1.807, 2.05) is 11.7 Å². The maximum Gasteiger partial charge on any atom is 0.161 e. The lowest BCUT2D eigenvalue weighted by molar-refractivity contribution is 0.648. The number of anilines is 1. The Morgan fingerprint density at radius 1 is 1.14 bits per heavy atom. The van der Waals surface area contributed by atoms with Crippen LogP contribution in [0.4, 0.5) is 5.00 Å². The zero-order chi connectivity index (χ0) is 14.4. The molecule has 0 saturated heterocycles.